The smallest absolute Gasteiger partial charge is 0.343 e. The van der Waals surface area contributed by atoms with Crippen LogP contribution >= 0.6 is 11.5 Å². The second-order valence-electron chi connectivity index (χ2n) is 5.03. The second kappa shape index (κ2) is 5.88. The van der Waals surface area contributed by atoms with E-state index < -0.39 is 0 Å². The SMILES string of the molecule is CCOC(=O)c1c(C)nsc1NC1(C)CCCOC1. The summed E-state index contributed by atoms with van der Waals surface area (Å²) >= 11 is 1.31. The Labute approximate surface area is 117 Å². The molecule has 0 spiro atoms. The van der Waals surface area contributed by atoms with Crippen molar-refractivity contribution < 1.29 is 14.3 Å². The number of hydrogen-bond donors (Lipinski definition) is 1. The molecule has 2 heterocycles. The van der Waals surface area contributed by atoms with Crippen molar-refractivity contribution in [1.82, 2.24) is 4.37 Å². The first-order valence-electron chi connectivity index (χ1n) is 6.55. The highest BCUT2D eigenvalue weighted by Gasteiger charge is 2.30. The van der Waals surface area contributed by atoms with Gasteiger partial charge in [-0.25, -0.2) is 4.79 Å². The summed E-state index contributed by atoms with van der Waals surface area (Å²) in [7, 11) is 0. The van der Waals surface area contributed by atoms with Crippen LogP contribution in [0.1, 0.15) is 42.7 Å². The number of aromatic nitrogens is 1. The summed E-state index contributed by atoms with van der Waals surface area (Å²) in [5, 5.41) is 4.20. The van der Waals surface area contributed by atoms with Gasteiger partial charge in [0.05, 0.1) is 24.4 Å². The maximum atomic E-state index is 12.0. The number of hydrogen-bond acceptors (Lipinski definition) is 6. The lowest BCUT2D eigenvalue weighted by molar-refractivity contribution is 0.0515. The van der Waals surface area contributed by atoms with Crippen LogP contribution in [0.5, 0.6) is 0 Å². The third-order valence-electron chi connectivity index (χ3n) is 3.20. The van der Waals surface area contributed by atoms with Gasteiger partial charge in [0.25, 0.3) is 0 Å². The van der Waals surface area contributed by atoms with Crippen LogP contribution in [-0.4, -0.2) is 35.7 Å². The summed E-state index contributed by atoms with van der Waals surface area (Å²) in [6, 6.07) is 0. The van der Waals surface area contributed by atoms with Crippen LogP contribution < -0.4 is 5.32 Å². The van der Waals surface area contributed by atoms with Crippen LogP contribution in [0.3, 0.4) is 0 Å². The number of aryl methyl sites for hydroxylation is 1. The fourth-order valence-electron chi connectivity index (χ4n) is 2.21. The fourth-order valence-corrected chi connectivity index (χ4v) is 3.14. The van der Waals surface area contributed by atoms with Crippen LogP contribution in [0.25, 0.3) is 0 Å². The molecule has 0 amide bonds. The van der Waals surface area contributed by atoms with E-state index in [9.17, 15) is 4.79 Å². The van der Waals surface area contributed by atoms with E-state index in [2.05, 4.69) is 16.6 Å². The first-order valence-corrected chi connectivity index (χ1v) is 7.32. The predicted octanol–water partition coefficient (Wildman–Crippen LogP) is 2.61. The zero-order valence-corrected chi connectivity index (χ0v) is 12.4. The molecule has 1 N–H and O–H groups in total. The molecule has 1 aromatic rings. The van der Waals surface area contributed by atoms with Gasteiger partial charge in [0.2, 0.25) is 0 Å². The highest BCUT2D eigenvalue weighted by molar-refractivity contribution is 7.10. The molecule has 1 aliphatic rings. The standard InChI is InChI=1S/C13H20N2O3S/c1-4-18-12(16)10-9(2)15-19-11(10)14-13(3)6-5-7-17-8-13/h14H,4-8H2,1-3H3. The van der Waals surface area contributed by atoms with Gasteiger partial charge in [-0.3, -0.25) is 0 Å². The van der Waals surface area contributed by atoms with Crippen LogP contribution in [0.4, 0.5) is 5.00 Å². The zero-order chi connectivity index (χ0) is 13.9. The lowest BCUT2D eigenvalue weighted by Gasteiger charge is -2.34. The van der Waals surface area contributed by atoms with E-state index >= 15 is 0 Å². The molecule has 1 saturated heterocycles. The minimum atomic E-state index is -0.309. The van der Waals surface area contributed by atoms with E-state index in [0.29, 0.717) is 24.5 Å². The minimum Gasteiger partial charge on any atom is -0.462 e. The summed E-state index contributed by atoms with van der Waals surface area (Å²) in [5.41, 5.74) is 1.13. The van der Waals surface area contributed by atoms with Gasteiger partial charge in [0.1, 0.15) is 10.6 Å². The molecule has 1 aromatic heterocycles. The summed E-state index contributed by atoms with van der Waals surface area (Å²) in [6.45, 7) is 7.56. The van der Waals surface area contributed by atoms with Gasteiger partial charge in [-0.1, -0.05) is 0 Å². The third-order valence-corrected chi connectivity index (χ3v) is 4.05. The molecule has 5 nitrogen and oxygen atoms in total. The van der Waals surface area contributed by atoms with E-state index in [1.807, 2.05) is 6.92 Å². The Kier molecular flexibility index (Phi) is 4.42. The molecule has 1 unspecified atom stereocenters. The summed E-state index contributed by atoms with van der Waals surface area (Å²) in [5.74, 6) is -0.309. The highest BCUT2D eigenvalue weighted by atomic mass is 32.1. The predicted molar refractivity (Wildman–Crippen MR) is 74.9 cm³/mol. The maximum Gasteiger partial charge on any atom is 0.343 e. The van der Waals surface area contributed by atoms with Crippen LogP contribution in [0.2, 0.25) is 0 Å². The van der Waals surface area contributed by atoms with Gasteiger partial charge in [0.15, 0.2) is 0 Å². The Morgan fingerprint density at radius 2 is 2.42 bits per heavy atom. The van der Waals surface area contributed by atoms with Crippen molar-refractivity contribution in [3.63, 3.8) is 0 Å². The highest BCUT2D eigenvalue weighted by Crippen LogP contribution is 2.31. The monoisotopic (exact) mass is 284 g/mol. The van der Waals surface area contributed by atoms with E-state index in [1.165, 1.54) is 11.5 Å². The van der Waals surface area contributed by atoms with Gasteiger partial charge in [0, 0.05) is 6.61 Å². The molecule has 1 aliphatic heterocycles. The quantitative estimate of drug-likeness (QED) is 0.861. The Balaban J connectivity index is 2.18. The summed E-state index contributed by atoms with van der Waals surface area (Å²) in [4.78, 5) is 12.0. The summed E-state index contributed by atoms with van der Waals surface area (Å²) < 4.78 is 14.9. The first kappa shape index (κ1) is 14.3. The van der Waals surface area contributed by atoms with Crippen LogP contribution in [0.15, 0.2) is 0 Å². The van der Waals surface area contributed by atoms with Crippen molar-refractivity contribution in [2.45, 2.75) is 39.2 Å². The molecule has 1 fully saturated rings. The van der Waals surface area contributed by atoms with E-state index in [0.717, 1.165) is 24.4 Å². The molecule has 0 aliphatic carbocycles. The number of esters is 1. The Bertz CT molecular complexity index is 453. The van der Waals surface area contributed by atoms with Gasteiger partial charge in [-0.05, 0) is 45.1 Å². The van der Waals surface area contributed by atoms with Crippen molar-refractivity contribution in [3.05, 3.63) is 11.3 Å². The van der Waals surface area contributed by atoms with Gasteiger partial charge < -0.3 is 14.8 Å². The zero-order valence-electron chi connectivity index (χ0n) is 11.6. The van der Waals surface area contributed by atoms with Crippen molar-refractivity contribution in [2.24, 2.45) is 0 Å². The van der Waals surface area contributed by atoms with E-state index in [-0.39, 0.29) is 11.5 Å². The van der Waals surface area contributed by atoms with Crippen molar-refractivity contribution in [2.75, 3.05) is 25.1 Å². The molecule has 19 heavy (non-hydrogen) atoms. The van der Waals surface area contributed by atoms with Crippen LogP contribution in [0, 0.1) is 6.92 Å². The number of nitrogens with zero attached hydrogens (tertiary/aromatic N) is 1. The molecule has 6 heteroatoms. The van der Waals surface area contributed by atoms with Gasteiger partial charge in [-0.15, -0.1) is 0 Å². The lowest BCUT2D eigenvalue weighted by Crippen LogP contribution is -2.43. The topological polar surface area (TPSA) is 60.5 Å². The molecule has 106 valence electrons. The van der Waals surface area contributed by atoms with E-state index in [4.69, 9.17) is 9.47 Å². The molecule has 2 rings (SSSR count). The van der Waals surface area contributed by atoms with Crippen molar-refractivity contribution >= 4 is 22.5 Å². The van der Waals surface area contributed by atoms with Gasteiger partial charge >= 0.3 is 5.97 Å². The lowest BCUT2D eigenvalue weighted by atomic mass is 9.95. The number of rotatable bonds is 4. The molecular weight excluding hydrogens is 264 g/mol. The van der Waals surface area contributed by atoms with Gasteiger partial charge in [-0.2, -0.15) is 4.37 Å². The number of anilines is 1. The number of carbonyl (C=O) groups excluding carboxylic acids is 1. The molecule has 0 saturated carbocycles. The Morgan fingerprint density at radius 3 is 3.05 bits per heavy atom. The molecule has 0 aromatic carbocycles. The fraction of sp³-hybridized carbons (Fsp3) is 0.692. The average molecular weight is 284 g/mol. The summed E-state index contributed by atoms with van der Waals surface area (Å²) in [6.07, 6.45) is 2.04. The third kappa shape index (κ3) is 3.25. The van der Waals surface area contributed by atoms with Crippen LogP contribution in [-0.2, 0) is 9.47 Å². The first-order chi connectivity index (χ1) is 9.06. The number of carbonyl (C=O) groups is 1. The number of nitrogens with one attached hydrogen (secondary N) is 1. The molecular formula is C13H20N2O3S. The van der Waals surface area contributed by atoms with E-state index in [1.54, 1.807) is 6.92 Å². The maximum absolute atomic E-state index is 12.0. The average Bonchev–Trinajstić information content (AvgIpc) is 2.71. The molecule has 0 bridgehead atoms. The Hall–Kier alpha value is -1.14. The second-order valence-corrected chi connectivity index (χ2v) is 5.81. The largest absolute Gasteiger partial charge is 0.462 e. The number of ether oxygens (including phenoxy) is 2. The minimum absolute atomic E-state index is 0.140. The normalized spacial score (nSPS) is 23.1. The Morgan fingerprint density at radius 1 is 1.63 bits per heavy atom. The molecule has 1 atom stereocenters. The van der Waals surface area contributed by atoms with Crippen molar-refractivity contribution in [1.29, 1.82) is 0 Å². The molecule has 0 radical (unpaired) electrons. The van der Waals surface area contributed by atoms with Crippen molar-refractivity contribution in [3.8, 4) is 0 Å².